The minimum absolute atomic E-state index is 0.658. The summed E-state index contributed by atoms with van der Waals surface area (Å²) in [7, 11) is 0. The lowest BCUT2D eigenvalue weighted by molar-refractivity contribution is 0.350. The van der Waals surface area contributed by atoms with Crippen LogP contribution >= 0.6 is 0 Å². The zero-order valence-corrected chi connectivity index (χ0v) is 11.3. The highest BCUT2D eigenvalue weighted by Gasteiger charge is 2.19. The van der Waals surface area contributed by atoms with E-state index >= 15 is 0 Å². The molecular formula is C14H25N3. The van der Waals surface area contributed by atoms with E-state index in [2.05, 4.69) is 41.8 Å². The summed E-state index contributed by atoms with van der Waals surface area (Å²) in [6, 6.07) is 0. The highest BCUT2D eigenvalue weighted by atomic mass is 15.1. The third-order valence-electron chi connectivity index (χ3n) is 4.08. The second-order valence-electron chi connectivity index (χ2n) is 5.74. The molecule has 0 amide bonds. The molecule has 2 heterocycles. The van der Waals surface area contributed by atoms with Gasteiger partial charge in [0.2, 0.25) is 0 Å². The molecule has 0 saturated carbocycles. The summed E-state index contributed by atoms with van der Waals surface area (Å²) in [5.41, 5.74) is 1.42. The van der Waals surface area contributed by atoms with Crippen LogP contribution in [0.1, 0.15) is 45.2 Å². The molecule has 3 nitrogen and oxygen atoms in total. The van der Waals surface area contributed by atoms with Crippen LogP contribution < -0.4 is 5.32 Å². The zero-order chi connectivity index (χ0) is 12.3. The van der Waals surface area contributed by atoms with Gasteiger partial charge in [-0.15, -0.1) is 0 Å². The van der Waals surface area contributed by atoms with Crippen molar-refractivity contribution in [1.82, 2.24) is 14.9 Å². The fourth-order valence-corrected chi connectivity index (χ4v) is 2.45. The number of piperidine rings is 1. The lowest BCUT2D eigenvalue weighted by Crippen LogP contribution is -2.30. The van der Waals surface area contributed by atoms with Gasteiger partial charge < -0.3 is 9.88 Å². The molecule has 1 fully saturated rings. The van der Waals surface area contributed by atoms with Crippen molar-refractivity contribution in [2.45, 2.75) is 46.1 Å². The van der Waals surface area contributed by atoms with E-state index in [-0.39, 0.29) is 0 Å². The Morgan fingerprint density at radius 2 is 2.29 bits per heavy atom. The number of hydrogen-bond donors (Lipinski definition) is 1. The minimum atomic E-state index is 0.658. The molecule has 3 heteroatoms. The molecular weight excluding hydrogens is 210 g/mol. The van der Waals surface area contributed by atoms with Crippen LogP contribution in [0.3, 0.4) is 0 Å². The van der Waals surface area contributed by atoms with Crippen molar-refractivity contribution in [3.05, 3.63) is 18.2 Å². The fourth-order valence-electron chi connectivity index (χ4n) is 2.45. The van der Waals surface area contributed by atoms with E-state index in [9.17, 15) is 0 Å². The topological polar surface area (TPSA) is 29.9 Å². The highest BCUT2D eigenvalue weighted by Crippen LogP contribution is 2.24. The molecule has 0 radical (unpaired) electrons. The van der Waals surface area contributed by atoms with Gasteiger partial charge >= 0.3 is 0 Å². The van der Waals surface area contributed by atoms with Crippen molar-refractivity contribution in [2.24, 2.45) is 11.8 Å². The first kappa shape index (κ1) is 12.6. The predicted octanol–water partition coefficient (Wildman–Crippen LogP) is 2.64. The van der Waals surface area contributed by atoms with Crippen molar-refractivity contribution < 1.29 is 0 Å². The molecule has 0 bridgehead atoms. The Bertz CT molecular complexity index is 337. The summed E-state index contributed by atoms with van der Waals surface area (Å²) in [4.78, 5) is 4.34. The average Bonchev–Trinajstić information content (AvgIpc) is 2.78. The van der Waals surface area contributed by atoms with Gasteiger partial charge in [0, 0.05) is 30.9 Å². The SMILES string of the molecule is CC(C)C(C)Cn1cncc1C1CCCNC1. The molecule has 1 aliphatic rings. The molecule has 1 aromatic rings. The van der Waals surface area contributed by atoms with Gasteiger partial charge in [-0.1, -0.05) is 20.8 Å². The van der Waals surface area contributed by atoms with Crippen LogP contribution in [-0.2, 0) is 6.54 Å². The molecule has 1 aliphatic heterocycles. The fraction of sp³-hybridized carbons (Fsp3) is 0.786. The Balaban J connectivity index is 2.05. The Hall–Kier alpha value is -0.830. The van der Waals surface area contributed by atoms with Crippen LogP contribution in [0.2, 0.25) is 0 Å². The van der Waals surface area contributed by atoms with Crippen molar-refractivity contribution in [2.75, 3.05) is 13.1 Å². The molecule has 2 rings (SSSR count). The molecule has 0 aromatic carbocycles. The number of hydrogen-bond acceptors (Lipinski definition) is 2. The smallest absolute Gasteiger partial charge is 0.0948 e. The lowest BCUT2D eigenvalue weighted by atomic mass is 9.95. The van der Waals surface area contributed by atoms with Crippen LogP contribution in [0.4, 0.5) is 0 Å². The first-order valence-corrected chi connectivity index (χ1v) is 6.89. The summed E-state index contributed by atoms with van der Waals surface area (Å²) in [5.74, 6) is 2.10. The van der Waals surface area contributed by atoms with Crippen LogP contribution in [0.5, 0.6) is 0 Å². The molecule has 0 spiro atoms. The average molecular weight is 235 g/mol. The van der Waals surface area contributed by atoms with Crippen molar-refractivity contribution >= 4 is 0 Å². The Kier molecular flexibility index (Phi) is 4.21. The summed E-state index contributed by atoms with van der Waals surface area (Å²) in [6.07, 6.45) is 6.65. The monoisotopic (exact) mass is 235 g/mol. The van der Waals surface area contributed by atoms with E-state index in [1.54, 1.807) is 0 Å². The van der Waals surface area contributed by atoms with Gasteiger partial charge in [0.15, 0.2) is 0 Å². The normalized spacial score (nSPS) is 22.9. The minimum Gasteiger partial charge on any atom is -0.334 e. The molecule has 0 aliphatic carbocycles. The second kappa shape index (κ2) is 5.67. The first-order chi connectivity index (χ1) is 8.18. The Morgan fingerprint density at radius 1 is 1.47 bits per heavy atom. The summed E-state index contributed by atoms with van der Waals surface area (Å²) in [6.45, 7) is 10.3. The summed E-state index contributed by atoms with van der Waals surface area (Å²) in [5, 5.41) is 3.49. The Morgan fingerprint density at radius 3 is 2.94 bits per heavy atom. The highest BCUT2D eigenvalue weighted by molar-refractivity contribution is 5.08. The first-order valence-electron chi connectivity index (χ1n) is 6.89. The summed E-state index contributed by atoms with van der Waals surface area (Å²) >= 11 is 0. The molecule has 17 heavy (non-hydrogen) atoms. The zero-order valence-electron chi connectivity index (χ0n) is 11.3. The van der Waals surface area contributed by atoms with Crippen LogP contribution in [-0.4, -0.2) is 22.6 Å². The van der Waals surface area contributed by atoms with E-state index in [1.807, 2.05) is 6.33 Å². The molecule has 96 valence electrons. The van der Waals surface area contributed by atoms with Gasteiger partial charge in [-0.05, 0) is 31.2 Å². The van der Waals surface area contributed by atoms with Gasteiger partial charge in [0.25, 0.3) is 0 Å². The standard InChI is InChI=1S/C14H25N3/c1-11(2)12(3)9-17-10-16-8-14(17)13-5-4-6-15-7-13/h8,10-13,15H,4-7,9H2,1-3H3. The Labute approximate surface area is 105 Å². The molecule has 2 unspecified atom stereocenters. The van der Waals surface area contributed by atoms with Crippen molar-refractivity contribution in [3.63, 3.8) is 0 Å². The number of nitrogens with one attached hydrogen (secondary N) is 1. The van der Waals surface area contributed by atoms with E-state index in [0.29, 0.717) is 11.8 Å². The maximum Gasteiger partial charge on any atom is 0.0948 e. The lowest BCUT2D eigenvalue weighted by Gasteiger charge is -2.25. The number of rotatable bonds is 4. The van der Waals surface area contributed by atoms with Gasteiger partial charge in [0.1, 0.15) is 0 Å². The van der Waals surface area contributed by atoms with Gasteiger partial charge in [-0.25, -0.2) is 4.98 Å². The molecule has 1 aromatic heterocycles. The summed E-state index contributed by atoms with van der Waals surface area (Å²) < 4.78 is 2.36. The van der Waals surface area contributed by atoms with Gasteiger partial charge in [0.05, 0.1) is 6.33 Å². The molecule has 1 saturated heterocycles. The van der Waals surface area contributed by atoms with Crippen molar-refractivity contribution in [3.8, 4) is 0 Å². The predicted molar refractivity (Wildman–Crippen MR) is 71.1 cm³/mol. The van der Waals surface area contributed by atoms with Crippen molar-refractivity contribution in [1.29, 1.82) is 0 Å². The van der Waals surface area contributed by atoms with Crippen LogP contribution in [0.15, 0.2) is 12.5 Å². The van der Waals surface area contributed by atoms with Crippen LogP contribution in [0, 0.1) is 11.8 Å². The van der Waals surface area contributed by atoms with E-state index in [1.165, 1.54) is 25.1 Å². The van der Waals surface area contributed by atoms with E-state index < -0.39 is 0 Å². The second-order valence-corrected chi connectivity index (χ2v) is 5.74. The maximum atomic E-state index is 4.34. The quantitative estimate of drug-likeness (QED) is 0.869. The van der Waals surface area contributed by atoms with Gasteiger partial charge in [-0.3, -0.25) is 0 Å². The maximum absolute atomic E-state index is 4.34. The number of nitrogens with zero attached hydrogens (tertiary/aromatic N) is 2. The third kappa shape index (κ3) is 3.09. The van der Waals surface area contributed by atoms with Gasteiger partial charge in [-0.2, -0.15) is 0 Å². The molecule has 1 N–H and O–H groups in total. The number of aromatic nitrogens is 2. The van der Waals surface area contributed by atoms with E-state index in [0.717, 1.165) is 19.0 Å². The molecule has 2 atom stereocenters. The van der Waals surface area contributed by atoms with Crippen LogP contribution in [0.25, 0.3) is 0 Å². The third-order valence-corrected chi connectivity index (χ3v) is 4.08. The number of imidazole rings is 1. The largest absolute Gasteiger partial charge is 0.334 e. The van der Waals surface area contributed by atoms with E-state index in [4.69, 9.17) is 0 Å².